The smallest absolute Gasteiger partial charge is 0.308 e. The van der Waals surface area contributed by atoms with Crippen LogP contribution in [0, 0.1) is 12.3 Å². The molecule has 0 amide bonds. The Bertz CT molecular complexity index is 586. The fourth-order valence-corrected chi connectivity index (χ4v) is 5.25. The highest BCUT2D eigenvalue weighted by molar-refractivity contribution is 5.70. The van der Waals surface area contributed by atoms with Crippen molar-refractivity contribution < 1.29 is 23.7 Å². The van der Waals surface area contributed by atoms with Crippen molar-refractivity contribution in [3.8, 4) is 12.3 Å². The second-order valence-corrected chi connectivity index (χ2v) is 10.5. The van der Waals surface area contributed by atoms with Gasteiger partial charge in [0.1, 0.15) is 6.10 Å². The van der Waals surface area contributed by atoms with Gasteiger partial charge < -0.3 is 18.9 Å². The van der Waals surface area contributed by atoms with E-state index in [0.717, 1.165) is 90.1 Å². The van der Waals surface area contributed by atoms with Crippen molar-refractivity contribution >= 4 is 5.97 Å². The number of fused-ring (bicyclic) bond motifs is 2. The zero-order chi connectivity index (χ0) is 25.1. The minimum atomic E-state index is -0.133. The van der Waals surface area contributed by atoms with E-state index in [2.05, 4.69) is 19.8 Å². The molecular formula is C30H52O5. The molecule has 5 heteroatoms. The second-order valence-electron chi connectivity index (χ2n) is 10.5. The predicted octanol–water partition coefficient (Wildman–Crippen LogP) is 7.14. The van der Waals surface area contributed by atoms with Gasteiger partial charge in [-0.1, -0.05) is 46.0 Å². The fraction of sp³-hybridized carbons (Fsp3) is 0.900. The van der Waals surface area contributed by atoms with Gasteiger partial charge in [0, 0.05) is 25.9 Å². The number of unbranched alkanes of at least 4 members (excludes halogenated alkanes) is 7. The number of hydrogen-bond donors (Lipinski definition) is 0. The van der Waals surface area contributed by atoms with Crippen LogP contribution in [0.2, 0.25) is 0 Å². The van der Waals surface area contributed by atoms with Crippen LogP contribution in [0.5, 0.6) is 0 Å². The Hall–Kier alpha value is -1.09. The van der Waals surface area contributed by atoms with Crippen LogP contribution in [0.3, 0.4) is 0 Å². The van der Waals surface area contributed by atoms with Gasteiger partial charge >= 0.3 is 5.97 Å². The van der Waals surface area contributed by atoms with Gasteiger partial charge in [0.2, 0.25) is 0 Å². The molecule has 0 N–H and O–H groups in total. The number of terminal acetylenes is 1. The van der Waals surface area contributed by atoms with Crippen molar-refractivity contribution in [2.24, 2.45) is 0 Å². The number of carbonyl (C=O) groups excluding carboxylic acids is 1. The van der Waals surface area contributed by atoms with Crippen molar-refractivity contribution in [3.63, 3.8) is 0 Å². The average Bonchev–Trinajstić information content (AvgIpc) is 2.84. The van der Waals surface area contributed by atoms with Crippen LogP contribution in [0.25, 0.3) is 0 Å². The molecule has 2 bridgehead atoms. The third kappa shape index (κ3) is 13.7. The molecule has 35 heavy (non-hydrogen) atoms. The van der Waals surface area contributed by atoms with Crippen molar-refractivity contribution in [1.29, 1.82) is 0 Å². The summed E-state index contributed by atoms with van der Waals surface area (Å²) >= 11 is 0. The second kappa shape index (κ2) is 19.1. The summed E-state index contributed by atoms with van der Waals surface area (Å²) in [5, 5.41) is 0. The minimum absolute atomic E-state index is 0.0691. The molecular weight excluding hydrogens is 440 g/mol. The molecule has 2 saturated heterocycles. The molecule has 2 aliphatic rings. The Morgan fingerprint density at radius 3 is 2.49 bits per heavy atom. The first-order chi connectivity index (χ1) is 17.1. The van der Waals surface area contributed by atoms with Gasteiger partial charge in [-0.25, -0.2) is 0 Å². The van der Waals surface area contributed by atoms with E-state index in [0.29, 0.717) is 13.0 Å². The number of rotatable bonds is 13. The van der Waals surface area contributed by atoms with Crippen LogP contribution in [0.4, 0.5) is 0 Å². The highest BCUT2D eigenvalue weighted by atomic mass is 16.6. The third-order valence-corrected chi connectivity index (χ3v) is 7.38. The topological polar surface area (TPSA) is 54.0 Å². The molecule has 0 aliphatic carbocycles. The number of carbonyl (C=O) groups is 1. The molecule has 2 aliphatic heterocycles. The summed E-state index contributed by atoms with van der Waals surface area (Å²) in [6.45, 7) is 5.84. The summed E-state index contributed by atoms with van der Waals surface area (Å²) in [7, 11) is 0. The summed E-state index contributed by atoms with van der Waals surface area (Å²) in [5.74, 6) is 2.58. The number of ether oxygens (including phenoxy) is 4. The summed E-state index contributed by atoms with van der Waals surface area (Å²) in [6, 6.07) is 0. The predicted molar refractivity (Wildman–Crippen MR) is 141 cm³/mol. The van der Waals surface area contributed by atoms with Crippen molar-refractivity contribution in [1.82, 2.24) is 0 Å². The first kappa shape index (κ1) is 30.1. The Labute approximate surface area is 215 Å². The van der Waals surface area contributed by atoms with E-state index in [-0.39, 0.29) is 36.5 Å². The highest BCUT2D eigenvalue weighted by Crippen LogP contribution is 2.29. The van der Waals surface area contributed by atoms with Gasteiger partial charge in [-0.05, 0) is 57.8 Å². The maximum atomic E-state index is 12.9. The van der Waals surface area contributed by atoms with Gasteiger partial charge in [0.25, 0.3) is 0 Å². The molecule has 0 spiro atoms. The summed E-state index contributed by atoms with van der Waals surface area (Å²) < 4.78 is 24.7. The summed E-state index contributed by atoms with van der Waals surface area (Å²) in [4.78, 5) is 12.9. The molecule has 5 atom stereocenters. The molecule has 5 nitrogen and oxygen atoms in total. The van der Waals surface area contributed by atoms with Gasteiger partial charge in [0.15, 0.2) is 0 Å². The minimum Gasteiger partial charge on any atom is -0.462 e. The van der Waals surface area contributed by atoms with Gasteiger partial charge in [-0.2, -0.15) is 0 Å². The quantitative estimate of drug-likeness (QED) is 0.155. The molecule has 0 saturated carbocycles. The number of cyclic esters (lactones) is 1. The molecule has 2 rings (SSSR count). The van der Waals surface area contributed by atoms with Crippen LogP contribution in [-0.2, 0) is 23.7 Å². The molecule has 0 aromatic heterocycles. The first-order valence-electron chi connectivity index (χ1n) is 14.7. The van der Waals surface area contributed by atoms with E-state index in [9.17, 15) is 4.79 Å². The lowest BCUT2D eigenvalue weighted by Crippen LogP contribution is -2.39. The monoisotopic (exact) mass is 492 g/mol. The van der Waals surface area contributed by atoms with E-state index in [4.69, 9.17) is 25.4 Å². The van der Waals surface area contributed by atoms with Gasteiger partial charge in [0.05, 0.1) is 37.4 Å². The van der Waals surface area contributed by atoms with E-state index in [1.807, 2.05) is 0 Å². The van der Waals surface area contributed by atoms with Crippen LogP contribution in [0.1, 0.15) is 129 Å². The number of esters is 1. The van der Waals surface area contributed by atoms with Crippen molar-refractivity contribution in [3.05, 3.63) is 0 Å². The third-order valence-electron chi connectivity index (χ3n) is 7.38. The van der Waals surface area contributed by atoms with E-state index in [1.165, 1.54) is 25.7 Å². The highest BCUT2D eigenvalue weighted by Gasteiger charge is 2.32. The van der Waals surface area contributed by atoms with Crippen LogP contribution >= 0.6 is 0 Å². The fourth-order valence-electron chi connectivity index (χ4n) is 5.25. The first-order valence-corrected chi connectivity index (χ1v) is 14.7. The largest absolute Gasteiger partial charge is 0.462 e. The lowest BCUT2D eigenvalue weighted by Gasteiger charge is -2.36. The van der Waals surface area contributed by atoms with Gasteiger partial charge in [-0.15, -0.1) is 12.3 Å². The lowest BCUT2D eigenvalue weighted by atomic mass is 9.95. The lowest BCUT2D eigenvalue weighted by molar-refractivity contribution is -0.162. The zero-order valence-corrected chi connectivity index (χ0v) is 22.6. The normalized spacial score (nSPS) is 28.6. The standard InChI is InChI=1S/C30H52O5/c1-4-7-9-10-11-12-13-14-16-26-19-21-33-25(6-3)17-15-18-27-22-28(32-20-8-5-2)23-29(34-27)24-30(31)35-26/h1,25-29H,5-24H2,2-3H3/t25?,26-,27?,28-,29?/m0/s1. The summed E-state index contributed by atoms with van der Waals surface area (Å²) in [5.41, 5.74) is 0. The Morgan fingerprint density at radius 2 is 1.71 bits per heavy atom. The Kier molecular flexibility index (Phi) is 16.4. The van der Waals surface area contributed by atoms with Crippen molar-refractivity contribution in [2.75, 3.05) is 13.2 Å². The SMILES string of the molecule is C#CCCCCCCCC[C@H]1CCOC(CC)CCCC2C[C@H](OCCCC)CC(CC(=O)O1)O2. The maximum absolute atomic E-state index is 12.9. The van der Waals surface area contributed by atoms with Gasteiger partial charge in [-0.3, -0.25) is 4.79 Å². The van der Waals surface area contributed by atoms with Crippen LogP contribution in [-0.4, -0.2) is 49.7 Å². The van der Waals surface area contributed by atoms with Crippen LogP contribution < -0.4 is 0 Å². The van der Waals surface area contributed by atoms with Crippen LogP contribution in [0.15, 0.2) is 0 Å². The Morgan fingerprint density at radius 1 is 0.943 bits per heavy atom. The van der Waals surface area contributed by atoms with Crippen molar-refractivity contribution in [2.45, 2.75) is 160 Å². The molecule has 0 radical (unpaired) electrons. The molecule has 2 heterocycles. The summed E-state index contributed by atoms with van der Waals surface area (Å²) in [6.07, 6.45) is 23.8. The molecule has 2 fully saturated rings. The Balaban J connectivity index is 1.88. The van der Waals surface area contributed by atoms with E-state index in [1.54, 1.807) is 0 Å². The molecule has 3 unspecified atom stereocenters. The molecule has 0 aromatic rings. The van der Waals surface area contributed by atoms with E-state index < -0.39 is 0 Å². The van der Waals surface area contributed by atoms with E-state index >= 15 is 0 Å². The zero-order valence-electron chi connectivity index (χ0n) is 22.6. The average molecular weight is 493 g/mol. The number of hydrogen-bond acceptors (Lipinski definition) is 5. The maximum Gasteiger partial charge on any atom is 0.308 e. The molecule has 202 valence electrons. The molecule has 0 aromatic carbocycles.